The van der Waals surface area contributed by atoms with Crippen LogP contribution >= 0.6 is 0 Å². The van der Waals surface area contributed by atoms with E-state index in [1.165, 1.54) is 96.3 Å². The van der Waals surface area contributed by atoms with Crippen LogP contribution in [0.15, 0.2) is 0 Å². The summed E-state index contributed by atoms with van der Waals surface area (Å²) < 4.78 is 19.9. The second kappa shape index (κ2) is 12.0. The molecule has 0 aromatic carbocycles. The van der Waals surface area contributed by atoms with Crippen molar-refractivity contribution < 1.29 is 14.0 Å². The lowest BCUT2D eigenvalue weighted by molar-refractivity contribution is -0.0534. The minimum Gasteiger partial charge on any atom is -0.383 e. The van der Waals surface area contributed by atoms with E-state index < -0.39 is 7.32 Å². The van der Waals surface area contributed by atoms with Crippen LogP contribution in [0, 0.1) is 17.8 Å². The van der Waals surface area contributed by atoms with Gasteiger partial charge in [0.15, 0.2) is 0 Å². The standard InChI is InChI=1S/C24H45BO3/c1-4-19-13-7-10-16-22(19)26-25(27-23-17-11-8-14-20(23)5-2)28-24-18-12-9-15-21(24)6-3/h19-24H,4-18H2,1-3H3. The van der Waals surface area contributed by atoms with Gasteiger partial charge in [-0.25, -0.2) is 0 Å². The van der Waals surface area contributed by atoms with Crippen LogP contribution in [0.25, 0.3) is 0 Å². The van der Waals surface area contributed by atoms with Gasteiger partial charge in [-0.15, -0.1) is 0 Å². The van der Waals surface area contributed by atoms with Gasteiger partial charge >= 0.3 is 7.32 Å². The summed E-state index contributed by atoms with van der Waals surface area (Å²) in [7, 11) is -0.452. The predicted octanol–water partition coefficient (Wildman–Crippen LogP) is 6.93. The molecule has 0 spiro atoms. The van der Waals surface area contributed by atoms with E-state index in [-0.39, 0.29) is 0 Å². The van der Waals surface area contributed by atoms with E-state index >= 15 is 0 Å². The highest BCUT2D eigenvalue weighted by Crippen LogP contribution is 2.35. The van der Waals surface area contributed by atoms with E-state index in [2.05, 4.69) is 20.8 Å². The summed E-state index contributed by atoms with van der Waals surface area (Å²) >= 11 is 0. The second-order valence-electron chi connectivity index (χ2n) is 9.67. The molecule has 3 aliphatic rings. The predicted molar refractivity (Wildman–Crippen MR) is 117 cm³/mol. The average molecular weight is 392 g/mol. The van der Waals surface area contributed by atoms with E-state index in [0.29, 0.717) is 36.1 Å². The van der Waals surface area contributed by atoms with E-state index in [1.54, 1.807) is 0 Å². The van der Waals surface area contributed by atoms with Gasteiger partial charge in [-0.3, -0.25) is 0 Å². The SMILES string of the molecule is CCC1CCCCC1OB(OC1CCCCC1CC)OC1CCCCC1CC. The van der Waals surface area contributed by atoms with Gasteiger partial charge in [-0.05, 0) is 56.3 Å². The highest BCUT2D eigenvalue weighted by molar-refractivity contribution is 6.36. The smallest absolute Gasteiger partial charge is 0.383 e. The quantitative estimate of drug-likeness (QED) is 0.398. The Hall–Kier alpha value is -0.0551. The molecular weight excluding hydrogens is 347 g/mol. The zero-order valence-corrected chi connectivity index (χ0v) is 18.9. The fourth-order valence-corrected chi connectivity index (χ4v) is 5.98. The first-order valence-corrected chi connectivity index (χ1v) is 12.7. The molecule has 0 radical (unpaired) electrons. The summed E-state index contributed by atoms with van der Waals surface area (Å²) in [5.74, 6) is 2.01. The molecule has 6 unspecified atom stereocenters. The summed E-state index contributed by atoms with van der Waals surface area (Å²) in [6.45, 7) is 6.93. The zero-order valence-electron chi connectivity index (χ0n) is 18.9. The Morgan fingerprint density at radius 3 is 1.07 bits per heavy atom. The Morgan fingerprint density at radius 2 is 0.786 bits per heavy atom. The summed E-state index contributed by atoms with van der Waals surface area (Å²) in [5.41, 5.74) is 0. The van der Waals surface area contributed by atoms with Gasteiger partial charge in [0.25, 0.3) is 0 Å². The second-order valence-corrected chi connectivity index (χ2v) is 9.67. The van der Waals surface area contributed by atoms with Crippen LogP contribution in [-0.4, -0.2) is 25.6 Å². The van der Waals surface area contributed by atoms with Gasteiger partial charge in [-0.2, -0.15) is 0 Å². The largest absolute Gasteiger partial charge is 0.640 e. The Morgan fingerprint density at radius 1 is 0.500 bits per heavy atom. The molecule has 28 heavy (non-hydrogen) atoms. The van der Waals surface area contributed by atoms with Gasteiger partial charge in [0, 0.05) is 18.3 Å². The maximum atomic E-state index is 6.64. The van der Waals surface area contributed by atoms with Crippen LogP contribution in [0.3, 0.4) is 0 Å². The van der Waals surface area contributed by atoms with E-state index in [0.717, 1.165) is 0 Å². The molecule has 0 aromatic heterocycles. The number of rotatable bonds is 9. The van der Waals surface area contributed by atoms with Crippen molar-refractivity contribution >= 4 is 7.32 Å². The number of hydrogen-bond acceptors (Lipinski definition) is 3. The Balaban J connectivity index is 1.67. The lowest BCUT2D eigenvalue weighted by Crippen LogP contribution is -2.45. The Labute approximate surface area is 174 Å². The van der Waals surface area contributed by atoms with Crippen LogP contribution in [0.4, 0.5) is 0 Å². The highest BCUT2D eigenvalue weighted by Gasteiger charge is 2.39. The molecule has 6 atom stereocenters. The topological polar surface area (TPSA) is 27.7 Å². The molecule has 3 saturated carbocycles. The first-order valence-electron chi connectivity index (χ1n) is 12.7. The molecule has 162 valence electrons. The van der Waals surface area contributed by atoms with Crippen LogP contribution in [-0.2, 0) is 14.0 Å². The molecule has 0 aromatic rings. The van der Waals surface area contributed by atoms with Crippen molar-refractivity contribution in [2.45, 2.75) is 135 Å². The molecule has 0 amide bonds. The Bertz CT molecular complexity index is 370. The van der Waals surface area contributed by atoms with E-state index in [1.807, 2.05) is 0 Å². The maximum absolute atomic E-state index is 6.64. The first-order chi connectivity index (χ1) is 13.7. The van der Waals surface area contributed by atoms with Crippen LogP contribution < -0.4 is 0 Å². The summed E-state index contributed by atoms with van der Waals surface area (Å²) in [5, 5.41) is 0. The molecule has 0 N–H and O–H groups in total. The lowest BCUT2D eigenvalue weighted by Gasteiger charge is -2.38. The fourth-order valence-electron chi connectivity index (χ4n) is 5.98. The van der Waals surface area contributed by atoms with Crippen LogP contribution in [0.5, 0.6) is 0 Å². The molecule has 3 nitrogen and oxygen atoms in total. The van der Waals surface area contributed by atoms with Gasteiger partial charge in [0.05, 0.1) is 0 Å². The van der Waals surface area contributed by atoms with Crippen LogP contribution in [0.2, 0.25) is 0 Å². The minimum absolute atomic E-state index is 0.316. The van der Waals surface area contributed by atoms with Crippen molar-refractivity contribution in [1.29, 1.82) is 0 Å². The highest BCUT2D eigenvalue weighted by atomic mass is 16.7. The van der Waals surface area contributed by atoms with Crippen molar-refractivity contribution in [3.63, 3.8) is 0 Å². The van der Waals surface area contributed by atoms with Crippen molar-refractivity contribution in [2.75, 3.05) is 0 Å². The lowest BCUT2D eigenvalue weighted by atomic mass is 9.82. The van der Waals surface area contributed by atoms with Gasteiger partial charge in [0.2, 0.25) is 0 Å². The van der Waals surface area contributed by atoms with Gasteiger partial charge in [0.1, 0.15) is 0 Å². The zero-order chi connectivity index (χ0) is 19.8. The molecule has 3 aliphatic carbocycles. The molecule has 3 rings (SSSR count). The molecular formula is C24H45BO3. The summed E-state index contributed by atoms with van der Waals surface area (Å²) in [6, 6.07) is 0. The third-order valence-corrected chi connectivity index (χ3v) is 7.95. The average Bonchev–Trinajstić information content (AvgIpc) is 2.75. The Kier molecular flexibility index (Phi) is 9.66. The third kappa shape index (κ3) is 6.22. The van der Waals surface area contributed by atoms with Gasteiger partial charge in [-0.1, -0.05) is 78.6 Å². The molecule has 0 bridgehead atoms. The van der Waals surface area contributed by atoms with Gasteiger partial charge < -0.3 is 14.0 Å². The van der Waals surface area contributed by atoms with Crippen LogP contribution in [0.1, 0.15) is 117 Å². The first kappa shape index (κ1) is 22.6. The molecule has 0 heterocycles. The summed E-state index contributed by atoms with van der Waals surface area (Å²) in [6.07, 6.45) is 19.9. The van der Waals surface area contributed by atoms with E-state index in [9.17, 15) is 0 Å². The molecule has 0 aliphatic heterocycles. The van der Waals surface area contributed by atoms with Crippen molar-refractivity contribution in [2.24, 2.45) is 17.8 Å². The monoisotopic (exact) mass is 392 g/mol. The molecule has 0 saturated heterocycles. The summed E-state index contributed by atoms with van der Waals surface area (Å²) in [4.78, 5) is 0. The van der Waals surface area contributed by atoms with Crippen molar-refractivity contribution in [1.82, 2.24) is 0 Å². The van der Waals surface area contributed by atoms with Crippen molar-refractivity contribution in [3.05, 3.63) is 0 Å². The third-order valence-electron chi connectivity index (χ3n) is 7.95. The van der Waals surface area contributed by atoms with Crippen molar-refractivity contribution in [3.8, 4) is 0 Å². The number of hydrogen-bond donors (Lipinski definition) is 0. The van der Waals surface area contributed by atoms with E-state index in [4.69, 9.17) is 14.0 Å². The molecule has 3 fully saturated rings. The normalized spacial score (nSPS) is 37.0. The minimum atomic E-state index is -0.452. The molecule has 4 heteroatoms. The fraction of sp³-hybridized carbons (Fsp3) is 1.00. The maximum Gasteiger partial charge on any atom is 0.640 e.